The number of rotatable bonds is 5. The summed E-state index contributed by atoms with van der Waals surface area (Å²) in [6.07, 6.45) is 3.75. The third-order valence-corrected chi connectivity index (χ3v) is 2.72. The first-order chi connectivity index (χ1) is 10.2. The van der Waals surface area contributed by atoms with Crippen LogP contribution in [0.2, 0.25) is 0 Å². The number of carbonyl (C=O) groups excluding carboxylic acids is 1. The van der Waals surface area contributed by atoms with Crippen molar-refractivity contribution in [3.8, 4) is 17.3 Å². The van der Waals surface area contributed by atoms with Crippen LogP contribution in [0.25, 0.3) is 11.3 Å². The van der Waals surface area contributed by atoms with E-state index < -0.39 is 0 Å². The Morgan fingerprint density at radius 3 is 2.90 bits per heavy atom. The van der Waals surface area contributed by atoms with E-state index in [1.165, 1.54) is 6.92 Å². The number of amides is 1. The zero-order chi connectivity index (χ0) is 15.1. The molecule has 2 aromatic rings. The van der Waals surface area contributed by atoms with Crippen LogP contribution >= 0.6 is 0 Å². The minimum atomic E-state index is -0.232. The minimum absolute atomic E-state index is 0.232. The fraction of sp³-hybridized carbons (Fsp3) is 0.200. The Labute approximate surface area is 122 Å². The van der Waals surface area contributed by atoms with Gasteiger partial charge in [0.2, 0.25) is 5.91 Å². The van der Waals surface area contributed by atoms with Crippen molar-refractivity contribution < 1.29 is 4.79 Å². The Hall–Kier alpha value is -2.94. The van der Waals surface area contributed by atoms with Crippen molar-refractivity contribution in [2.24, 2.45) is 5.10 Å². The molecule has 0 radical (unpaired) electrons. The van der Waals surface area contributed by atoms with Gasteiger partial charge in [-0.1, -0.05) is 30.3 Å². The molecule has 0 aliphatic heterocycles. The van der Waals surface area contributed by atoms with Crippen molar-refractivity contribution in [1.29, 1.82) is 5.26 Å². The highest BCUT2D eigenvalue weighted by atomic mass is 16.2. The molecule has 0 bridgehead atoms. The second-order valence-corrected chi connectivity index (χ2v) is 4.40. The van der Waals surface area contributed by atoms with Crippen LogP contribution in [0, 0.1) is 11.3 Å². The Morgan fingerprint density at radius 1 is 1.48 bits per heavy atom. The predicted molar refractivity (Wildman–Crippen MR) is 79.3 cm³/mol. The van der Waals surface area contributed by atoms with Gasteiger partial charge in [0.1, 0.15) is 5.69 Å². The van der Waals surface area contributed by atoms with E-state index in [-0.39, 0.29) is 5.91 Å². The maximum Gasteiger partial charge on any atom is 0.236 e. The summed E-state index contributed by atoms with van der Waals surface area (Å²) >= 11 is 0. The van der Waals surface area contributed by atoms with Crippen LogP contribution in [0.1, 0.15) is 18.9 Å². The van der Waals surface area contributed by atoms with Crippen molar-refractivity contribution >= 4 is 12.1 Å². The Morgan fingerprint density at radius 2 is 2.24 bits per heavy atom. The number of nitriles is 1. The second kappa shape index (κ2) is 7.01. The van der Waals surface area contributed by atoms with Gasteiger partial charge in [-0.2, -0.15) is 15.5 Å². The Kier molecular flexibility index (Phi) is 4.83. The van der Waals surface area contributed by atoms with Gasteiger partial charge >= 0.3 is 0 Å². The summed E-state index contributed by atoms with van der Waals surface area (Å²) in [6, 6.07) is 11.8. The second-order valence-electron chi connectivity index (χ2n) is 4.40. The summed E-state index contributed by atoms with van der Waals surface area (Å²) in [5, 5.41) is 17.0. The molecule has 0 aliphatic rings. The molecule has 0 saturated carbocycles. The fourth-order valence-corrected chi connectivity index (χ4v) is 1.82. The molecule has 0 aliphatic carbocycles. The average molecular weight is 281 g/mol. The van der Waals surface area contributed by atoms with Gasteiger partial charge < -0.3 is 0 Å². The number of nitrogens with zero attached hydrogens (tertiary/aromatic N) is 4. The molecule has 0 spiro atoms. The van der Waals surface area contributed by atoms with Crippen molar-refractivity contribution in [2.75, 3.05) is 0 Å². The van der Waals surface area contributed by atoms with Crippen LogP contribution in [0.4, 0.5) is 0 Å². The first-order valence-electron chi connectivity index (χ1n) is 6.50. The molecule has 1 amide bonds. The van der Waals surface area contributed by atoms with Gasteiger partial charge in [-0.3, -0.25) is 9.48 Å². The molecule has 0 saturated heterocycles. The zero-order valence-electron chi connectivity index (χ0n) is 11.7. The zero-order valence-corrected chi connectivity index (χ0v) is 11.7. The van der Waals surface area contributed by atoms with Gasteiger partial charge in [-0.25, -0.2) is 5.43 Å². The highest BCUT2D eigenvalue weighted by molar-refractivity contribution is 5.89. The smallest absolute Gasteiger partial charge is 0.236 e. The first-order valence-corrected chi connectivity index (χ1v) is 6.50. The topological polar surface area (TPSA) is 83.1 Å². The SMILES string of the molecule is CC(=O)N/N=C\c1cn(CCC#N)nc1-c1ccccc1. The van der Waals surface area contributed by atoms with E-state index in [9.17, 15) is 4.79 Å². The lowest BCUT2D eigenvalue weighted by atomic mass is 10.1. The van der Waals surface area contributed by atoms with Gasteiger partial charge in [0.15, 0.2) is 0 Å². The highest BCUT2D eigenvalue weighted by Gasteiger charge is 2.09. The van der Waals surface area contributed by atoms with Crippen molar-refractivity contribution in [3.05, 3.63) is 42.1 Å². The number of hydrazone groups is 1. The van der Waals surface area contributed by atoms with Crippen LogP contribution < -0.4 is 5.43 Å². The summed E-state index contributed by atoms with van der Waals surface area (Å²) in [4.78, 5) is 10.9. The van der Waals surface area contributed by atoms with E-state index in [0.29, 0.717) is 13.0 Å². The van der Waals surface area contributed by atoms with E-state index in [2.05, 4.69) is 21.7 Å². The summed E-state index contributed by atoms with van der Waals surface area (Å²) < 4.78 is 1.71. The molecule has 2 rings (SSSR count). The summed E-state index contributed by atoms with van der Waals surface area (Å²) in [5.41, 5.74) is 4.87. The number of hydrogen-bond acceptors (Lipinski definition) is 4. The fourth-order valence-electron chi connectivity index (χ4n) is 1.82. The first kappa shape index (κ1) is 14.5. The van der Waals surface area contributed by atoms with Gasteiger partial charge in [0, 0.05) is 24.2 Å². The van der Waals surface area contributed by atoms with Crippen LogP contribution in [0.5, 0.6) is 0 Å². The highest BCUT2D eigenvalue weighted by Crippen LogP contribution is 2.20. The average Bonchev–Trinajstić information content (AvgIpc) is 2.89. The monoisotopic (exact) mass is 281 g/mol. The predicted octanol–water partition coefficient (Wildman–Crippen LogP) is 1.93. The molecule has 106 valence electrons. The van der Waals surface area contributed by atoms with E-state index in [0.717, 1.165) is 16.8 Å². The molecule has 1 aromatic carbocycles. The molecule has 0 fully saturated rings. The third-order valence-electron chi connectivity index (χ3n) is 2.72. The van der Waals surface area contributed by atoms with Crippen molar-refractivity contribution in [2.45, 2.75) is 19.9 Å². The van der Waals surface area contributed by atoms with Gasteiger partial charge in [-0.05, 0) is 0 Å². The van der Waals surface area contributed by atoms with Crippen LogP contribution in [-0.2, 0) is 11.3 Å². The quantitative estimate of drug-likeness (QED) is 0.671. The van der Waals surface area contributed by atoms with Crippen LogP contribution in [0.3, 0.4) is 0 Å². The minimum Gasteiger partial charge on any atom is -0.274 e. The lowest BCUT2D eigenvalue weighted by Gasteiger charge is -1.98. The summed E-state index contributed by atoms with van der Waals surface area (Å²) in [7, 11) is 0. The van der Waals surface area contributed by atoms with E-state index in [4.69, 9.17) is 5.26 Å². The van der Waals surface area contributed by atoms with Gasteiger partial charge in [-0.15, -0.1) is 0 Å². The van der Waals surface area contributed by atoms with Crippen LogP contribution in [-0.4, -0.2) is 21.9 Å². The van der Waals surface area contributed by atoms with Crippen LogP contribution in [0.15, 0.2) is 41.6 Å². The largest absolute Gasteiger partial charge is 0.274 e. The Balaban J connectivity index is 2.32. The molecule has 1 aromatic heterocycles. The van der Waals surface area contributed by atoms with E-state index in [1.807, 2.05) is 36.5 Å². The Bertz CT molecular complexity index is 682. The molecule has 1 heterocycles. The van der Waals surface area contributed by atoms with E-state index >= 15 is 0 Å². The lowest BCUT2D eigenvalue weighted by molar-refractivity contribution is -0.118. The number of hydrogen-bond donors (Lipinski definition) is 1. The molecular weight excluding hydrogens is 266 g/mol. The molecule has 1 N–H and O–H groups in total. The maximum absolute atomic E-state index is 10.9. The molecule has 6 heteroatoms. The lowest BCUT2D eigenvalue weighted by Crippen LogP contribution is -2.12. The van der Waals surface area contributed by atoms with Gasteiger partial charge in [0.05, 0.1) is 25.2 Å². The summed E-state index contributed by atoms with van der Waals surface area (Å²) in [5.74, 6) is -0.232. The summed E-state index contributed by atoms with van der Waals surface area (Å²) in [6.45, 7) is 1.91. The normalized spacial score (nSPS) is 10.5. The van der Waals surface area contributed by atoms with Gasteiger partial charge in [0.25, 0.3) is 0 Å². The molecule has 0 atom stereocenters. The number of aryl methyl sites for hydroxylation is 1. The number of aromatic nitrogens is 2. The number of nitrogens with one attached hydrogen (secondary N) is 1. The number of carbonyl (C=O) groups is 1. The molecular formula is C15H15N5O. The van der Waals surface area contributed by atoms with Crippen molar-refractivity contribution in [1.82, 2.24) is 15.2 Å². The third kappa shape index (κ3) is 4.01. The van der Waals surface area contributed by atoms with Crippen molar-refractivity contribution in [3.63, 3.8) is 0 Å². The standard InChI is InChI=1S/C15H15N5O/c1-12(21)18-17-10-14-11-20(9-5-8-16)19-15(14)13-6-3-2-4-7-13/h2-4,6-7,10-11H,5,9H2,1H3,(H,18,21)/b17-10-. The van der Waals surface area contributed by atoms with E-state index in [1.54, 1.807) is 10.9 Å². The molecule has 0 unspecified atom stereocenters. The number of benzene rings is 1. The molecule has 6 nitrogen and oxygen atoms in total. The maximum atomic E-state index is 10.9. The molecule has 21 heavy (non-hydrogen) atoms.